The Kier molecular flexibility index (Phi) is 4.61. The van der Waals surface area contributed by atoms with Crippen LogP contribution in [-0.4, -0.2) is 75.9 Å². The fourth-order valence-corrected chi connectivity index (χ4v) is 3.29. The third kappa shape index (κ3) is 3.54. The third-order valence-electron chi connectivity index (χ3n) is 3.90. The van der Waals surface area contributed by atoms with Gasteiger partial charge in [0.2, 0.25) is 0 Å². The van der Waals surface area contributed by atoms with E-state index in [9.17, 15) is 4.79 Å². The van der Waals surface area contributed by atoms with Crippen LogP contribution in [0.5, 0.6) is 0 Å². The summed E-state index contributed by atoms with van der Waals surface area (Å²) in [7, 11) is 8.02. The van der Waals surface area contributed by atoms with Gasteiger partial charge in [-0.3, -0.25) is 4.79 Å². The lowest BCUT2D eigenvalue weighted by molar-refractivity contribution is -0.200. The molecular formula is C14H26N2O3. The summed E-state index contributed by atoms with van der Waals surface area (Å²) in [6.07, 6.45) is 1.40. The van der Waals surface area contributed by atoms with Gasteiger partial charge in [0.05, 0.1) is 13.2 Å². The second-order valence-corrected chi connectivity index (χ2v) is 6.34. The summed E-state index contributed by atoms with van der Waals surface area (Å²) >= 11 is 0. The van der Waals surface area contributed by atoms with E-state index in [0.29, 0.717) is 31.8 Å². The smallest absolute Gasteiger partial charge is 0.169 e. The average Bonchev–Trinajstić information content (AvgIpc) is 2.72. The average molecular weight is 270 g/mol. The van der Waals surface area contributed by atoms with Crippen LogP contribution in [0.4, 0.5) is 0 Å². The first-order valence-corrected chi connectivity index (χ1v) is 7.03. The number of carbonyl (C=O) groups excluding carboxylic acids is 1. The predicted octanol–water partition coefficient (Wildman–Crippen LogP) is 0.448. The molecule has 19 heavy (non-hydrogen) atoms. The Bertz CT molecular complexity index is 301. The van der Waals surface area contributed by atoms with Crippen LogP contribution >= 0.6 is 0 Å². The highest BCUT2D eigenvalue weighted by Crippen LogP contribution is 2.40. The van der Waals surface area contributed by atoms with Gasteiger partial charge < -0.3 is 19.3 Å². The molecule has 110 valence electrons. The number of hydrogen-bond donors (Lipinski definition) is 0. The molecule has 0 aromatic carbocycles. The van der Waals surface area contributed by atoms with Gasteiger partial charge in [-0.25, -0.2) is 0 Å². The second-order valence-electron chi connectivity index (χ2n) is 6.34. The molecule has 0 N–H and O–H groups in total. The minimum absolute atomic E-state index is 0.0202. The van der Waals surface area contributed by atoms with Crippen molar-refractivity contribution in [2.24, 2.45) is 11.8 Å². The zero-order chi connectivity index (χ0) is 14.0. The van der Waals surface area contributed by atoms with Gasteiger partial charge >= 0.3 is 0 Å². The molecule has 0 aromatic rings. The molecule has 1 spiro atoms. The Labute approximate surface area is 115 Å². The largest absolute Gasteiger partial charge is 0.347 e. The highest BCUT2D eigenvalue weighted by molar-refractivity contribution is 5.85. The maximum absolute atomic E-state index is 12.6. The molecule has 0 radical (unpaired) electrons. The van der Waals surface area contributed by atoms with Crippen molar-refractivity contribution in [2.75, 3.05) is 54.5 Å². The van der Waals surface area contributed by atoms with Crippen LogP contribution in [0, 0.1) is 11.8 Å². The molecule has 0 amide bonds. The molecule has 2 atom stereocenters. The number of carbonyl (C=O) groups is 1. The van der Waals surface area contributed by atoms with Crippen LogP contribution in [0.2, 0.25) is 0 Å². The number of ketones is 1. The number of rotatable bonds is 4. The van der Waals surface area contributed by atoms with Crippen molar-refractivity contribution in [1.29, 1.82) is 0 Å². The van der Waals surface area contributed by atoms with Crippen molar-refractivity contribution in [3.8, 4) is 0 Å². The summed E-state index contributed by atoms with van der Waals surface area (Å²) in [6.45, 7) is 2.85. The second kappa shape index (κ2) is 5.87. The lowest BCUT2D eigenvalue weighted by Crippen LogP contribution is -2.50. The van der Waals surface area contributed by atoms with Gasteiger partial charge in [-0.15, -0.1) is 0 Å². The van der Waals surface area contributed by atoms with Crippen molar-refractivity contribution in [1.82, 2.24) is 9.80 Å². The third-order valence-corrected chi connectivity index (χ3v) is 3.90. The molecule has 1 saturated carbocycles. The van der Waals surface area contributed by atoms with Gasteiger partial charge in [0, 0.05) is 37.8 Å². The molecule has 0 unspecified atom stereocenters. The van der Waals surface area contributed by atoms with Gasteiger partial charge in [0.1, 0.15) is 5.78 Å². The fourth-order valence-electron chi connectivity index (χ4n) is 3.29. The molecule has 0 bridgehead atoms. The Morgan fingerprint density at radius 2 is 1.42 bits per heavy atom. The zero-order valence-corrected chi connectivity index (χ0v) is 12.5. The Balaban J connectivity index is 2.12. The van der Waals surface area contributed by atoms with E-state index in [0.717, 1.165) is 13.1 Å². The molecule has 2 aliphatic rings. The van der Waals surface area contributed by atoms with Crippen molar-refractivity contribution in [2.45, 2.75) is 18.6 Å². The molecule has 5 nitrogen and oxygen atoms in total. The van der Waals surface area contributed by atoms with Crippen molar-refractivity contribution < 1.29 is 14.3 Å². The first-order valence-electron chi connectivity index (χ1n) is 7.03. The van der Waals surface area contributed by atoms with E-state index in [4.69, 9.17) is 9.47 Å². The van der Waals surface area contributed by atoms with E-state index in [1.165, 1.54) is 0 Å². The fraction of sp³-hybridized carbons (Fsp3) is 0.929. The summed E-state index contributed by atoms with van der Waals surface area (Å²) in [5, 5.41) is 0. The molecule has 2 fully saturated rings. The van der Waals surface area contributed by atoms with Crippen molar-refractivity contribution in [3.63, 3.8) is 0 Å². The lowest BCUT2D eigenvalue weighted by Gasteiger charge is -2.41. The first kappa shape index (κ1) is 14.9. The lowest BCUT2D eigenvalue weighted by atomic mass is 9.76. The van der Waals surface area contributed by atoms with Gasteiger partial charge in [0.15, 0.2) is 5.79 Å². The normalized spacial score (nSPS) is 30.7. The van der Waals surface area contributed by atoms with E-state index in [2.05, 4.69) is 9.80 Å². The van der Waals surface area contributed by atoms with E-state index >= 15 is 0 Å². The van der Waals surface area contributed by atoms with E-state index in [1.807, 2.05) is 28.2 Å². The SMILES string of the molecule is CN(C)C[C@@H]1CC2(C[C@H](CN(C)C)C1=O)OCCO2. The van der Waals surface area contributed by atoms with Crippen LogP contribution in [0.3, 0.4) is 0 Å². The molecule has 1 heterocycles. The molecule has 2 rings (SSSR count). The van der Waals surface area contributed by atoms with Crippen molar-refractivity contribution >= 4 is 5.78 Å². The quantitative estimate of drug-likeness (QED) is 0.742. The summed E-state index contributed by atoms with van der Waals surface area (Å²) in [5.41, 5.74) is 0. The Hall–Kier alpha value is -0.490. The van der Waals surface area contributed by atoms with E-state index in [1.54, 1.807) is 0 Å². The van der Waals surface area contributed by atoms with Crippen molar-refractivity contribution in [3.05, 3.63) is 0 Å². The zero-order valence-electron chi connectivity index (χ0n) is 12.5. The van der Waals surface area contributed by atoms with Gasteiger partial charge in [-0.05, 0) is 28.2 Å². The summed E-state index contributed by atoms with van der Waals surface area (Å²) in [4.78, 5) is 16.7. The number of hydrogen-bond acceptors (Lipinski definition) is 5. The number of Topliss-reactive ketones (excluding diaryl/α,β-unsaturated/α-hetero) is 1. The topological polar surface area (TPSA) is 42.0 Å². The summed E-state index contributed by atoms with van der Waals surface area (Å²) < 4.78 is 11.7. The van der Waals surface area contributed by atoms with E-state index < -0.39 is 5.79 Å². The van der Waals surface area contributed by atoms with Crippen LogP contribution in [0.25, 0.3) is 0 Å². The predicted molar refractivity (Wildman–Crippen MR) is 73.0 cm³/mol. The molecule has 1 aliphatic heterocycles. The maximum Gasteiger partial charge on any atom is 0.169 e. The monoisotopic (exact) mass is 270 g/mol. The minimum Gasteiger partial charge on any atom is -0.347 e. The molecule has 0 aromatic heterocycles. The first-order chi connectivity index (χ1) is 8.92. The van der Waals surface area contributed by atoms with Crippen LogP contribution in [0.15, 0.2) is 0 Å². The van der Waals surface area contributed by atoms with Crippen LogP contribution in [-0.2, 0) is 14.3 Å². The Morgan fingerprint density at radius 3 is 1.79 bits per heavy atom. The molecular weight excluding hydrogens is 244 g/mol. The molecule has 1 saturated heterocycles. The standard InChI is InChI=1S/C14H26N2O3/c1-15(2)9-11-7-14(18-5-6-19-14)8-12(13(11)17)10-16(3)4/h11-12H,5-10H2,1-4H3/t11-,12+. The maximum atomic E-state index is 12.6. The van der Waals surface area contributed by atoms with Gasteiger partial charge in [0.25, 0.3) is 0 Å². The summed E-state index contributed by atoms with van der Waals surface area (Å²) in [6, 6.07) is 0. The Morgan fingerprint density at radius 1 is 1.00 bits per heavy atom. The van der Waals surface area contributed by atoms with Crippen LogP contribution < -0.4 is 0 Å². The highest BCUT2D eigenvalue weighted by Gasteiger charge is 2.49. The van der Waals surface area contributed by atoms with E-state index in [-0.39, 0.29) is 11.8 Å². The van der Waals surface area contributed by atoms with Crippen LogP contribution in [0.1, 0.15) is 12.8 Å². The van der Waals surface area contributed by atoms with Gasteiger partial charge in [-0.2, -0.15) is 0 Å². The number of ether oxygens (including phenoxy) is 2. The summed E-state index contributed by atoms with van der Waals surface area (Å²) in [5.74, 6) is -0.0966. The highest BCUT2D eigenvalue weighted by atomic mass is 16.7. The minimum atomic E-state index is -0.505. The number of nitrogens with zero attached hydrogens (tertiary/aromatic N) is 2. The molecule has 1 aliphatic carbocycles. The van der Waals surface area contributed by atoms with Gasteiger partial charge in [-0.1, -0.05) is 0 Å². The molecule has 5 heteroatoms.